The van der Waals surface area contributed by atoms with Crippen LogP contribution in [0.3, 0.4) is 0 Å². The summed E-state index contributed by atoms with van der Waals surface area (Å²) in [6.07, 6.45) is 5.15. The fraction of sp³-hybridized carbons (Fsp3) is 0.462. The molecule has 0 unspecified atom stereocenters. The molecule has 0 spiro atoms. The Balaban J connectivity index is 2.07. The molecule has 0 amide bonds. The van der Waals surface area contributed by atoms with Gasteiger partial charge in [0.15, 0.2) is 0 Å². The molecule has 0 saturated carbocycles. The number of phenols is 1. The van der Waals surface area contributed by atoms with Crippen molar-refractivity contribution in [3.05, 3.63) is 29.8 Å². The van der Waals surface area contributed by atoms with Gasteiger partial charge >= 0.3 is 5.97 Å². The molecule has 0 heterocycles. The van der Waals surface area contributed by atoms with Crippen LogP contribution in [0.5, 0.6) is 5.75 Å². The number of carboxylic acid groups (broad SMARTS) is 1. The Labute approximate surface area is 95.7 Å². The molecule has 1 aromatic carbocycles. The first-order chi connectivity index (χ1) is 7.68. The van der Waals surface area contributed by atoms with E-state index < -0.39 is 5.97 Å². The molecule has 0 saturated heterocycles. The molecule has 0 aliphatic carbocycles. The van der Waals surface area contributed by atoms with Gasteiger partial charge in [-0.25, -0.2) is 0 Å². The molecular formula is C13H18O3. The predicted molar refractivity (Wildman–Crippen MR) is 62.5 cm³/mol. The molecule has 0 atom stereocenters. The number of benzene rings is 1. The zero-order valence-corrected chi connectivity index (χ0v) is 9.35. The van der Waals surface area contributed by atoms with E-state index in [0.29, 0.717) is 5.75 Å². The highest BCUT2D eigenvalue weighted by atomic mass is 16.4. The SMILES string of the molecule is O=C(O)CCCCCCc1ccc(O)cc1. The van der Waals surface area contributed by atoms with Crippen molar-refractivity contribution in [1.82, 2.24) is 0 Å². The molecule has 0 radical (unpaired) electrons. The predicted octanol–water partition coefficient (Wildman–Crippen LogP) is 2.97. The third-order valence-corrected chi connectivity index (χ3v) is 2.54. The number of hydrogen-bond donors (Lipinski definition) is 2. The van der Waals surface area contributed by atoms with Crippen molar-refractivity contribution >= 4 is 5.97 Å². The number of aliphatic carboxylic acids is 1. The number of rotatable bonds is 7. The molecule has 0 fully saturated rings. The number of carbonyl (C=O) groups is 1. The average Bonchev–Trinajstić information content (AvgIpc) is 2.25. The monoisotopic (exact) mass is 222 g/mol. The summed E-state index contributed by atoms with van der Waals surface area (Å²) in [7, 11) is 0. The van der Waals surface area contributed by atoms with Gasteiger partial charge < -0.3 is 10.2 Å². The van der Waals surface area contributed by atoms with Crippen molar-refractivity contribution in [2.75, 3.05) is 0 Å². The first-order valence-corrected chi connectivity index (χ1v) is 5.68. The summed E-state index contributed by atoms with van der Waals surface area (Å²) in [5.74, 6) is -0.413. The molecule has 0 aliphatic heterocycles. The van der Waals surface area contributed by atoms with Crippen LogP contribution in [0, 0.1) is 0 Å². The Morgan fingerprint density at radius 3 is 2.25 bits per heavy atom. The van der Waals surface area contributed by atoms with Crippen LogP contribution in [-0.4, -0.2) is 16.2 Å². The maximum atomic E-state index is 10.3. The zero-order chi connectivity index (χ0) is 11.8. The topological polar surface area (TPSA) is 57.5 Å². The molecule has 0 aromatic heterocycles. The lowest BCUT2D eigenvalue weighted by Crippen LogP contribution is -1.93. The van der Waals surface area contributed by atoms with Crippen LogP contribution in [-0.2, 0) is 11.2 Å². The Morgan fingerprint density at radius 1 is 1.00 bits per heavy atom. The smallest absolute Gasteiger partial charge is 0.303 e. The van der Waals surface area contributed by atoms with E-state index in [4.69, 9.17) is 10.2 Å². The molecule has 2 N–H and O–H groups in total. The highest BCUT2D eigenvalue weighted by molar-refractivity contribution is 5.66. The van der Waals surface area contributed by atoms with E-state index in [1.54, 1.807) is 12.1 Å². The number of aromatic hydroxyl groups is 1. The minimum Gasteiger partial charge on any atom is -0.508 e. The summed E-state index contributed by atoms with van der Waals surface area (Å²) in [5.41, 5.74) is 1.22. The maximum absolute atomic E-state index is 10.3. The third-order valence-electron chi connectivity index (χ3n) is 2.54. The molecule has 88 valence electrons. The average molecular weight is 222 g/mol. The largest absolute Gasteiger partial charge is 0.508 e. The second kappa shape index (κ2) is 6.88. The van der Waals surface area contributed by atoms with E-state index in [1.807, 2.05) is 12.1 Å². The Hall–Kier alpha value is -1.51. The van der Waals surface area contributed by atoms with Crippen molar-refractivity contribution in [2.24, 2.45) is 0 Å². The molecule has 0 bridgehead atoms. The second-order valence-electron chi connectivity index (χ2n) is 3.97. The van der Waals surface area contributed by atoms with Crippen LogP contribution in [0.15, 0.2) is 24.3 Å². The van der Waals surface area contributed by atoms with Gasteiger partial charge in [0.05, 0.1) is 0 Å². The van der Waals surface area contributed by atoms with Gasteiger partial charge in [-0.15, -0.1) is 0 Å². The minimum absolute atomic E-state index is 0.277. The molecule has 16 heavy (non-hydrogen) atoms. The van der Waals surface area contributed by atoms with Gasteiger partial charge in [-0.2, -0.15) is 0 Å². The number of carboxylic acids is 1. The van der Waals surface area contributed by atoms with Gasteiger partial charge in [-0.05, 0) is 37.0 Å². The summed E-state index contributed by atoms with van der Waals surface area (Å²) in [6.45, 7) is 0. The van der Waals surface area contributed by atoms with Gasteiger partial charge in [0.25, 0.3) is 0 Å². The number of aryl methyl sites for hydroxylation is 1. The van der Waals surface area contributed by atoms with Gasteiger partial charge in [0.2, 0.25) is 0 Å². The summed E-state index contributed by atoms with van der Waals surface area (Å²) < 4.78 is 0. The van der Waals surface area contributed by atoms with Crippen LogP contribution in [0.1, 0.15) is 37.7 Å². The molecular weight excluding hydrogens is 204 g/mol. The Kier molecular flexibility index (Phi) is 5.40. The number of hydrogen-bond acceptors (Lipinski definition) is 2. The highest BCUT2D eigenvalue weighted by Gasteiger charge is 1.97. The quantitative estimate of drug-likeness (QED) is 0.697. The van der Waals surface area contributed by atoms with Gasteiger partial charge in [-0.1, -0.05) is 25.0 Å². The zero-order valence-electron chi connectivity index (χ0n) is 9.35. The second-order valence-corrected chi connectivity index (χ2v) is 3.97. The Bertz CT molecular complexity index is 316. The molecule has 3 heteroatoms. The molecule has 3 nitrogen and oxygen atoms in total. The Morgan fingerprint density at radius 2 is 1.62 bits per heavy atom. The van der Waals surface area contributed by atoms with E-state index in [0.717, 1.165) is 32.1 Å². The van der Waals surface area contributed by atoms with E-state index >= 15 is 0 Å². The van der Waals surface area contributed by atoms with Gasteiger partial charge in [0, 0.05) is 6.42 Å². The lowest BCUT2D eigenvalue weighted by molar-refractivity contribution is -0.137. The van der Waals surface area contributed by atoms with Crippen molar-refractivity contribution in [3.63, 3.8) is 0 Å². The molecule has 1 aromatic rings. The first-order valence-electron chi connectivity index (χ1n) is 5.68. The molecule has 1 rings (SSSR count). The standard InChI is InChI=1S/C13H18O3/c14-12-9-7-11(8-10-12)5-3-1-2-4-6-13(15)16/h7-10,14H,1-6H2,(H,15,16). The third kappa shape index (κ3) is 5.39. The number of phenolic OH excluding ortho intramolecular Hbond substituents is 1. The van der Waals surface area contributed by atoms with E-state index in [1.165, 1.54) is 5.56 Å². The van der Waals surface area contributed by atoms with Crippen molar-refractivity contribution in [3.8, 4) is 5.75 Å². The van der Waals surface area contributed by atoms with Crippen molar-refractivity contribution < 1.29 is 15.0 Å². The van der Waals surface area contributed by atoms with E-state index in [-0.39, 0.29) is 6.42 Å². The lowest BCUT2D eigenvalue weighted by Gasteiger charge is -2.01. The highest BCUT2D eigenvalue weighted by Crippen LogP contribution is 2.13. The summed E-state index contributed by atoms with van der Waals surface area (Å²) in [4.78, 5) is 10.3. The fourth-order valence-corrected chi connectivity index (χ4v) is 1.62. The normalized spacial score (nSPS) is 10.2. The summed E-state index contributed by atoms with van der Waals surface area (Å²) in [5, 5.41) is 17.5. The number of unbranched alkanes of at least 4 members (excludes halogenated alkanes) is 3. The van der Waals surface area contributed by atoms with Crippen LogP contribution < -0.4 is 0 Å². The van der Waals surface area contributed by atoms with Crippen molar-refractivity contribution in [1.29, 1.82) is 0 Å². The lowest BCUT2D eigenvalue weighted by atomic mass is 10.1. The van der Waals surface area contributed by atoms with Crippen LogP contribution in [0.4, 0.5) is 0 Å². The van der Waals surface area contributed by atoms with E-state index in [9.17, 15) is 4.79 Å². The van der Waals surface area contributed by atoms with Crippen LogP contribution >= 0.6 is 0 Å². The van der Waals surface area contributed by atoms with Crippen LogP contribution in [0.2, 0.25) is 0 Å². The first kappa shape index (κ1) is 12.6. The maximum Gasteiger partial charge on any atom is 0.303 e. The summed E-state index contributed by atoms with van der Waals surface area (Å²) in [6, 6.07) is 7.23. The minimum atomic E-state index is -0.710. The summed E-state index contributed by atoms with van der Waals surface area (Å²) >= 11 is 0. The van der Waals surface area contributed by atoms with Gasteiger partial charge in [0.1, 0.15) is 5.75 Å². The molecule has 0 aliphatic rings. The fourth-order valence-electron chi connectivity index (χ4n) is 1.62. The van der Waals surface area contributed by atoms with E-state index in [2.05, 4.69) is 0 Å². The van der Waals surface area contributed by atoms with Crippen LogP contribution in [0.25, 0.3) is 0 Å². The van der Waals surface area contributed by atoms with Gasteiger partial charge in [-0.3, -0.25) is 4.79 Å². The van der Waals surface area contributed by atoms with Crippen molar-refractivity contribution in [2.45, 2.75) is 38.5 Å².